The van der Waals surface area contributed by atoms with Gasteiger partial charge in [-0.05, 0) is 24.6 Å². The third-order valence-electron chi connectivity index (χ3n) is 4.51. The number of fused-ring (bicyclic) bond motifs is 1. The van der Waals surface area contributed by atoms with Crippen LogP contribution < -0.4 is 0 Å². The van der Waals surface area contributed by atoms with Gasteiger partial charge in [0.15, 0.2) is 0 Å². The topological polar surface area (TPSA) is 61.9 Å². The predicted molar refractivity (Wildman–Crippen MR) is 108 cm³/mol. The molecule has 0 N–H and O–H groups in total. The summed E-state index contributed by atoms with van der Waals surface area (Å²) in [6.45, 7) is 6.71. The first-order valence-electron chi connectivity index (χ1n) is 8.40. The van der Waals surface area contributed by atoms with E-state index < -0.39 is 11.9 Å². The van der Waals surface area contributed by atoms with E-state index in [0.717, 1.165) is 0 Å². The van der Waals surface area contributed by atoms with Crippen LogP contribution in [-0.4, -0.2) is 35.1 Å². The third-order valence-corrected chi connectivity index (χ3v) is 5.06. The van der Waals surface area contributed by atoms with Crippen molar-refractivity contribution in [2.75, 3.05) is 14.2 Å². The summed E-state index contributed by atoms with van der Waals surface area (Å²) in [5.74, 6) is -1.33. The highest BCUT2D eigenvalue weighted by atomic mass is 35.5. The average Bonchev–Trinajstić information content (AvgIpc) is 3.23. The van der Waals surface area contributed by atoms with Gasteiger partial charge in [-0.1, -0.05) is 35.8 Å². The van der Waals surface area contributed by atoms with Crippen LogP contribution in [0, 0.1) is 0 Å². The van der Waals surface area contributed by atoms with E-state index in [1.807, 2.05) is 17.7 Å². The maximum atomic E-state index is 12.7. The number of esters is 2. The van der Waals surface area contributed by atoms with Gasteiger partial charge in [0.2, 0.25) is 0 Å². The maximum absolute atomic E-state index is 12.7. The number of rotatable bonds is 5. The Bertz CT molecular complexity index is 1110. The molecule has 6 nitrogen and oxygen atoms in total. The number of ether oxygens (including phenoxy) is 2. The Morgan fingerprint density at radius 1 is 1.07 bits per heavy atom. The minimum Gasteiger partial charge on any atom is -0.465 e. The van der Waals surface area contributed by atoms with Crippen molar-refractivity contribution < 1.29 is 19.1 Å². The molecule has 0 radical (unpaired) electrons. The van der Waals surface area contributed by atoms with Gasteiger partial charge in [0.1, 0.15) is 16.9 Å². The normalized spacial score (nSPS) is 10.9. The second kappa shape index (κ2) is 7.73. The fourth-order valence-corrected chi connectivity index (χ4v) is 3.75. The van der Waals surface area contributed by atoms with E-state index in [1.54, 1.807) is 28.8 Å². The van der Waals surface area contributed by atoms with E-state index in [-0.39, 0.29) is 11.3 Å². The number of carbonyl (C=O) groups is 2. The van der Waals surface area contributed by atoms with Crippen LogP contribution in [0.5, 0.6) is 0 Å². The summed E-state index contributed by atoms with van der Waals surface area (Å²) >= 11 is 12.4. The molecule has 0 fully saturated rings. The Kier molecular flexibility index (Phi) is 5.54. The molecule has 8 heteroatoms. The minimum atomic E-state index is -0.673. The molecule has 146 valence electrons. The molecule has 0 bridgehead atoms. The highest BCUT2D eigenvalue weighted by Crippen LogP contribution is 2.37. The zero-order chi connectivity index (χ0) is 20.6. The van der Waals surface area contributed by atoms with Crippen LogP contribution in [0.25, 0.3) is 11.2 Å². The Morgan fingerprint density at radius 3 is 2.32 bits per heavy atom. The smallest absolute Gasteiger partial charge is 0.356 e. The second-order valence-corrected chi connectivity index (χ2v) is 6.81. The molecule has 0 amide bonds. The number of carbonyl (C=O) groups excluding carboxylic acids is 2. The first kappa shape index (κ1) is 20.0. The molecule has 0 unspecified atom stereocenters. The van der Waals surface area contributed by atoms with Crippen molar-refractivity contribution in [1.29, 1.82) is 0 Å². The van der Waals surface area contributed by atoms with Crippen molar-refractivity contribution in [3.05, 3.63) is 69.6 Å². The number of hydrogen-bond donors (Lipinski definition) is 0. The molecule has 0 aliphatic carbocycles. The molecule has 0 atom stereocenters. The van der Waals surface area contributed by atoms with Gasteiger partial charge in [0.05, 0.1) is 14.2 Å². The first-order valence-corrected chi connectivity index (χ1v) is 9.15. The van der Waals surface area contributed by atoms with Gasteiger partial charge in [0.25, 0.3) is 0 Å². The summed E-state index contributed by atoms with van der Waals surface area (Å²) in [4.78, 5) is 25.2. The molecule has 3 rings (SSSR count). The maximum Gasteiger partial charge on any atom is 0.356 e. The summed E-state index contributed by atoms with van der Waals surface area (Å²) in [6.07, 6.45) is 3.50. The molecule has 3 aromatic rings. The van der Waals surface area contributed by atoms with Crippen molar-refractivity contribution >= 4 is 46.4 Å². The number of halogens is 2. The quantitative estimate of drug-likeness (QED) is 0.561. The number of aromatic nitrogens is 2. The number of hydrogen-bond acceptors (Lipinski definition) is 4. The predicted octanol–water partition coefficient (Wildman–Crippen LogP) is 4.70. The van der Waals surface area contributed by atoms with Crippen LogP contribution >= 0.6 is 23.2 Å². The van der Waals surface area contributed by atoms with Crippen molar-refractivity contribution in [3.8, 4) is 0 Å². The van der Waals surface area contributed by atoms with Gasteiger partial charge >= 0.3 is 11.9 Å². The summed E-state index contributed by atoms with van der Waals surface area (Å²) in [7, 11) is 2.51. The molecule has 1 aromatic carbocycles. The fourth-order valence-electron chi connectivity index (χ4n) is 3.23. The number of aryl methyl sites for hydroxylation is 1. The summed E-state index contributed by atoms with van der Waals surface area (Å²) in [5.41, 5.74) is 2.25. The molecule has 0 aliphatic rings. The number of imidazole rings is 1. The van der Waals surface area contributed by atoms with E-state index in [9.17, 15) is 9.59 Å². The van der Waals surface area contributed by atoms with Gasteiger partial charge in [-0.3, -0.25) is 4.40 Å². The zero-order valence-electron chi connectivity index (χ0n) is 15.6. The Hall–Kier alpha value is -2.70. The molecule has 0 aliphatic heterocycles. The lowest BCUT2D eigenvalue weighted by Gasteiger charge is -2.11. The van der Waals surface area contributed by atoms with Crippen LogP contribution in [0.4, 0.5) is 0 Å². The number of methoxy groups -OCH3 is 2. The molecule has 2 aromatic heterocycles. The standard InChI is InChI=1S/C20H18Cl2N2O4/c1-5-23-8-9-24-17(20(26)28-4)16(19(25)27-3)15(18(23)24)11(2)13-7-6-12(21)10-14(13)22/h6-10H,2,5H2,1,3-4H3. The molecule has 0 saturated heterocycles. The van der Waals surface area contributed by atoms with Gasteiger partial charge < -0.3 is 14.0 Å². The Balaban J connectivity index is 2.42. The number of nitrogens with zero attached hydrogens (tertiary/aromatic N) is 2. The van der Waals surface area contributed by atoms with Crippen molar-refractivity contribution in [2.24, 2.45) is 0 Å². The molecule has 2 heterocycles. The SMILES string of the molecule is C=C(c1ccc(Cl)cc1Cl)c1c(C(=O)OC)c(C(=O)OC)n2ccn(CC)c12. The molecular weight excluding hydrogens is 403 g/mol. The number of benzene rings is 1. The molecule has 0 spiro atoms. The van der Waals surface area contributed by atoms with Gasteiger partial charge in [0, 0.05) is 40.1 Å². The van der Waals surface area contributed by atoms with Crippen LogP contribution in [0.1, 0.15) is 38.9 Å². The third kappa shape index (κ3) is 3.08. The van der Waals surface area contributed by atoms with Crippen LogP contribution in [0.15, 0.2) is 37.2 Å². The molecular formula is C20H18Cl2N2O4. The minimum absolute atomic E-state index is 0.0674. The van der Waals surface area contributed by atoms with Gasteiger partial charge in [-0.2, -0.15) is 0 Å². The summed E-state index contributed by atoms with van der Waals surface area (Å²) in [6, 6.07) is 4.99. The van der Waals surface area contributed by atoms with Crippen molar-refractivity contribution in [2.45, 2.75) is 13.5 Å². The second-order valence-electron chi connectivity index (χ2n) is 5.96. The summed E-state index contributed by atoms with van der Waals surface area (Å²) < 4.78 is 13.4. The lowest BCUT2D eigenvalue weighted by Crippen LogP contribution is -2.13. The van der Waals surface area contributed by atoms with Crippen LogP contribution in [0.2, 0.25) is 10.0 Å². The highest BCUT2D eigenvalue weighted by molar-refractivity contribution is 6.36. The van der Waals surface area contributed by atoms with Gasteiger partial charge in [-0.25, -0.2) is 9.59 Å². The zero-order valence-corrected chi connectivity index (χ0v) is 17.1. The van der Waals surface area contributed by atoms with E-state index in [1.165, 1.54) is 14.2 Å². The fraction of sp³-hybridized carbons (Fsp3) is 0.200. The van der Waals surface area contributed by atoms with E-state index >= 15 is 0 Å². The summed E-state index contributed by atoms with van der Waals surface area (Å²) in [5, 5.41) is 0.853. The lowest BCUT2D eigenvalue weighted by molar-refractivity contribution is 0.0550. The monoisotopic (exact) mass is 420 g/mol. The molecule has 0 saturated carbocycles. The van der Waals surface area contributed by atoms with Crippen LogP contribution in [0.3, 0.4) is 0 Å². The van der Waals surface area contributed by atoms with E-state index in [2.05, 4.69) is 6.58 Å². The van der Waals surface area contributed by atoms with Crippen LogP contribution in [-0.2, 0) is 16.0 Å². The van der Waals surface area contributed by atoms with Gasteiger partial charge in [-0.15, -0.1) is 0 Å². The Labute approximate surface area is 171 Å². The first-order chi connectivity index (χ1) is 13.3. The molecule has 28 heavy (non-hydrogen) atoms. The lowest BCUT2D eigenvalue weighted by atomic mass is 9.96. The van der Waals surface area contributed by atoms with E-state index in [4.69, 9.17) is 32.7 Å². The largest absolute Gasteiger partial charge is 0.465 e. The van der Waals surface area contributed by atoms with Crippen molar-refractivity contribution in [3.63, 3.8) is 0 Å². The Morgan fingerprint density at radius 2 is 1.75 bits per heavy atom. The average molecular weight is 421 g/mol. The van der Waals surface area contributed by atoms with E-state index in [0.29, 0.717) is 38.9 Å². The highest BCUT2D eigenvalue weighted by Gasteiger charge is 2.32. The van der Waals surface area contributed by atoms with Crippen molar-refractivity contribution in [1.82, 2.24) is 8.97 Å².